The summed E-state index contributed by atoms with van der Waals surface area (Å²) in [5, 5.41) is 5.63. The van der Waals surface area contributed by atoms with Crippen LogP contribution in [-0.2, 0) is 0 Å². The summed E-state index contributed by atoms with van der Waals surface area (Å²) in [5.74, 6) is -0.848. The van der Waals surface area contributed by atoms with Gasteiger partial charge in [0.1, 0.15) is 0 Å². The minimum atomic E-state index is -0.590. The first-order valence-electron chi connectivity index (χ1n) is 7.29. The number of rotatable bonds is 8. The Hall–Kier alpha value is -1.65. The molecule has 0 aliphatic carbocycles. The number of nitrogens with zero attached hydrogens (tertiary/aromatic N) is 1. The minimum absolute atomic E-state index is 0.0401. The van der Waals surface area contributed by atoms with Crippen LogP contribution in [0.2, 0.25) is 0 Å². The highest BCUT2D eigenvalue weighted by molar-refractivity contribution is 5.95. The van der Waals surface area contributed by atoms with Crippen molar-refractivity contribution in [3.05, 3.63) is 23.6 Å². The molecule has 20 heavy (non-hydrogen) atoms. The number of pyridine rings is 1. The Morgan fingerprint density at radius 3 is 2.80 bits per heavy atom. The second-order valence-corrected chi connectivity index (χ2v) is 4.92. The third-order valence-corrected chi connectivity index (χ3v) is 3.10. The number of unbranched alkanes of at least 4 members (excludes halogenated alkanes) is 2. The lowest BCUT2D eigenvalue weighted by Crippen LogP contribution is -2.33. The van der Waals surface area contributed by atoms with E-state index in [1.807, 2.05) is 13.8 Å². The number of halogens is 1. The van der Waals surface area contributed by atoms with Crippen LogP contribution in [0.3, 0.4) is 0 Å². The Balaban J connectivity index is 2.65. The van der Waals surface area contributed by atoms with Crippen LogP contribution in [0.5, 0.6) is 0 Å². The van der Waals surface area contributed by atoms with Crippen LogP contribution in [0.15, 0.2) is 12.3 Å². The molecule has 1 heterocycles. The summed E-state index contributed by atoms with van der Waals surface area (Å²) in [7, 11) is 0. The van der Waals surface area contributed by atoms with E-state index in [2.05, 4.69) is 22.5 Å². The standard InChI is InChI=1S/C15H24FN3O/c1-4-6-7-8-11(3)19-15(20)12-9-10-18-14(13(12)16)17-5-2/h9-11H,4-8H2,1-3H3,(H,17,18)(H,19,20). The quantitative estimate of drug-likeness (QED) is 0.718. The summed E-state index contributed by atoms with van der Waals surface area (Å²) in [6.45, 7) is 6.49. The molecule has 0 fully saturated rings. The van der Waals surface area contributed by atoms with Crippen LogP contribution in [-0.4, -0.2) is 23.5 Å². The molecule has 5 heteroatoms. The lowest BCUT2D eigenvalue weighted by atomic mass is 10.1. The van der Waals surface area contributed by atoms with Gasteiger partial charge in [-0.3, -0.25) is 4.79 Å². The van der Waals surface area contributed by atoms with E-state index >= 15 is 0 Å². The van der Waals surface area contributed by atoms with E-state index in [4.69, 9.17) is 0 Å². The number of hydrogen-bond donors (Lipinski definition) is 2. The van der Waals surface area contributed by atoms with Gasteiger partial charge in [0.05, 0.1) is 5.56 Å². The lowest BCUT2D eigenvalue weighted by molar-refractivity contribution is 0.0934. The molecule has 1 aromatic rings. The molecule has 0 aliphatic heterocycles. The number of nitrogens with one attached hydrogen (secondary N) is 2. The Bertz CT molecular complexity index is 437. The van der Waals surface area contributed by atoms with Crippen molar-refractivity contribution >= 4 is 11.7 Å². The number of aromatic nitrogens is 1. The molecule has 0 aliphatic rings. The molecule has 1 rings (SSSR count). The number of carbonyl (C=O) groups excluding carboxylic acids is 1. The second kappa shape index (κ2) is 8.51. The Kier molecular flexibility index (Phi) is 6.98. The average molecular weight is 281 g/mol. The van der Waals surface area contributed by atoms with Crippen molar-refractivity contribution in [1.82, 2.24) is 10.3 Å². The summed E-state index contributed by atoms with van der Waals surface area (Å²) >= 11 is 0. The molecule has 2 N–H and O–H groups in total. The van der Waals surface area contributed by atoms with Gasteiger partial charge in [-0.15, -0.1) is 0 Å². The van der Waals surface area contributed by atoms with Gasteiger partial charge in [-0.25, -0.2) is 9.37 Å². The second-order valence-electron chi connectivity index (χ2n) is 4.92. The van der Waals surface area contributed by atoms with E-state index in [1.54, 1.807) is 0 Å². The number of anilines is 1. The molecular formula is C15H24FN3O. The molecule has 1 aromatic heterocycles. The molecule has 0 spiro atoms. The van der Waals surface area contributed by atoms with E-state index in [1.165, 1.54) is 12.3 Å². The smallest absolute Gasteiger partial charge is 0.254 e. The van der Waals surface area contributed by atoms with Crippen LogP contribution in [0.1, 0.15) is 56.8 Å². The van der Waals surface area contributed by atoms with Crippen molar-refractivity contribution in [3.8, 4) is 0 Å². The van der Waals surface area contributed by atoms with Crippen molar-refractivity contribution < 1.29 is 9.18 Å². The third kappa shape index (κ3) is 4.79. The third-order valence-electron chi connectivity index (χ3n) is 3.10. The van der Waals surface area contributed by atoms with Crippen molar-refractivity contribution in [1.29, 1.82) is 0 Å². The lowest BCUT2D eigenvalue weighted by Gasteiger charge is -2.14. The molecule has 1 unspecified atom stereocenters. The summed E-state index contributed by atoms with van der Waals surface area (Å²) in [5.41, 5.74) is 0.0401. The van der Waals surface area contributed by atoms with Gasteiger partial charge >= 0.3 is 0 Å². The van der Waals surface area contributed by atoms with Gasteiger partial charge in [0, 0.05) is 18.8 Å². The number of carbonyl (C=O) groups is 1. The molecular weight excluding hydrogens is 257 g/mol. The molecule has 0 saturated carbocycles. The first kappa shape index (κ1) is 16.4. The van der Waals surface area contributed by atoms with Crippen LogP contribution >= 0.6 is 0 Å². The fraction of sp³-hybridized carbons (Fsp3) is 0.600. The van der Waals surface area contributed by atoms with Crippen molar-refractivity contribution in [2.75, 3.05) is 11.9 Å². The first-order valence-corrected chi connectivity index (χ1v) is 7.29. The van der Waals surface area contributed by atoms with Gasteiger partial charge in [-0.1, -0.05) is 26.2 Å². The maximum Gasteiger partial charge on any atom is 0.254 e. The zero-order valence-electron chi connectivity index (χ0n) is 12.5. The maximum absolute atomic E-state index is 14.1. The first-order chi connectivity index (χ1) is 9.60. The van der Waals surface area contributed by atoms with Crippen LogP contribution in [0.25, 0.3) is 0 Å². The van der Waals surface area contributed by atoms with Gasteiger partial charge in [-0.2, -0.15) is 0 Å². The molecule has 4 nitrogen and oxygen atoms in total. The summed E-state index contributed by atoms with van der Waals surface area (Å²) in [6.07, 6.45) is 5.71. The molecule has 0 aromatic carbocycles. The van der Waals surface area contributed by atoms with Crippen LogP contribution in [0, 0.1) is 5.82 Å². The molecule has 0 saturated heterocycles. The van der Waals surface area contributed by atoms with E-state index in [0.717, 1.165) is 25.7 Å². The topological polar surface area (TPSA) is 54.0 Å². The predicted octanol–water partition coefficient (Wildman–Crippen LogP) is 3.35. The highest BCUT2D eigenvalue weighted by atomic mass is 19.1. The average Bonchev–Trinajstić information content (AvgIpc) is 2.41. The van der Waals surface area contributed by atoms with Crippen LogP contribution in [0.4, 0.5) is 10.2 Å². The van der Waals surface area contributed by atoms with Gasteiger partial charge < -0.3 is 10.6 Å². The fourth-order valence-corrected chi connectivity index (χ4v) is 1.98. The van der Waals surface area contributed by atoms with Crippen molar-refractivity contribution in [2.24, 2.45) is 0 Å². The Morgan fingerprint density at radius 2 is 2.15 bits per heavy atom. The van der Waals surface area contributed by atoms with Gasteiger partial charge in [0.25, 0.3) is 5.91 Å². The molecule has 0 bridgehead atoms. The monoisotopic (exact) mass is 281 g/mol. The molecule has 1 amide bonds. The Labute approximate surface area is 120 Å². The fourth-order valence-electron chi connectivity index (χ4n) is 1.98. The predicted molar refractivity (Wildman–Crippen MR) is 79.4 cm³/mol. The van der Waals surface area contributed by atoms with Crippen molar-refractivity contribution in [2.45, 2.75) is 52.5 Å². The molecule has 112 valence electrons. The van der Waals surface area contributed by atoms with E-state index in [0.29, 0.717) is 6.54 Å². The van der Waals surface area contributed by atoms with E-state index < -0.39 is 5.82 Å². The number of hydrogen-bond acceptors (Lipinski definition) is 3. The Morgan fingerprint density at radius 1 is 1.40 bits per heavy atom. The highest BCUT2D eigenvalue weighted by Gasteiger charge is 2.17. The molecule has 0 radical (unpaired) electrons. The highest BCUT2D eigenvalue weighted by Crippen LogP contribution is 2.15. The normalized spacial score (nSPS) is 12.0. The minimum Gasteiger partial charge on any atom is -0.368 e. The van der Waals surface area contributed by atoms with Gasteiger partial charge in [0.2, 0.25) is 0 Å². The maximum atomic E-state index is 14.1. The zero-order valence-corrected chi connectivity index (χ0v) is 12.5. The van der Waals surface area contributed by atoms with E-state index in [-0.39, 0.29) is 23.3 Å². The number of amides is 1. The van der Waals surface area contributed by atoms with Crippen molar-refractivity contribution in [3.63, 3.8) is 0 Å². The zero-order chi connectivity index (χ0) is 15.0. The summed E-state index contributed by atoms with van der Waals surface area (Å²) < 4.78 is 14.1. The summed E-state index contributed by atoms with van der Waals surface area (Å²) in [4.78, 5) is 15.9. The SMILES string of the molecule is CCCCCC(C)NC(=O)c1ccnc(NCC)c1F. The van der Waals surface area contributed by atoms with E-state index in [9.17, 15) is 9.18 Å². The summed E-state index contributed by atoms with van der Waals surface area (Å²) in [6, 6.07) is 1.45. The van der Waals surface area contributed by atoms with Crippen LogP contribution < -0.4 is 10.6 Å². The molecule has 1 atom stereocenters. The largest absolute Gasteiger partial charge is 0.368 e. The van der Waals surface area contributed by atoms with Gasteiger partial charge in [0.15, 0.2) is 11.6 Å². The van der Waals surface area contributed by atoms with Gasteiger partial charge in [-0.05, 0) is 26.3 Å².